The van der Waals surface area contributed by atoms with Crippen molar-refractivity contribution in [3.05, 3.63) is 82.8 Å². The topological polar surface area (TPSA) is 34.0 Å². The maximum absolute atomic E-state index is 6.08. The molecule has 0 N–H and O–H groups in total. The molecule has 1 aromatic heterocycles. The maximum atomic E-state index is 6.08. The quantitative estimate of drug-likeness (QED) is 0.334. The Morgan fingerprint density at radius 1 is 0.667 bits per heavy atom. The molecule has 0 bridgehead atoms. The molecule has 0 amide bonds. The average Bonchev–Trinajstić information content (AvgIpc) is 3.21. The number of aromatic nitrogens is 3. The van der Waals surface area contributed by atoms with Crippen molar-refractivity contribution in [2.45, 2.75) is 13.8 Å². The minimum atomic E-state index is 0.686. The summed E-state index contributed by atoms with van der Waals surface area (Å²) in [5, 5.41) is 11.0. The first-order valence-electron chi connectivity index (χ1n) is 9.93. The number of hydrogen-bond donors (Lipinski definition) is 0. The molecule has 0 radical (unpaired) electrons. The fraction of sp³-hybridized carbons (Fsp3) is 0.167. The van der Waals surface area contributed by atoms with E-state index >= 15 is 0 Å². The Hall–Kier alpha value is -2.82. The van der Waals surface area contributed by atoms with Gasteiger partial charge < -0.3 is 4.90 Å². The van der Waals surface area contributed by atoms with Crippen LogP contribution < -0.4 is 4.90 Å². The summed E-state index contributed by atoms with van der Waals surface area (Å²) >= 11 is 12.2. The number of anilines is 1. The SMILES string of the molecule is CCN(CC)c1ccc(-n2nc(-c3ccc(Cl)cc3)c(-c3ccc(Cl)cc3)n2)cc1. The van der Waals surface area contributed by atoms with Crippen molar-refractivity contribution in [3.8, 4) is 28.2 Å². The van der Waals surface area contributed by atoms with Crippen molar-refractivity contribution < 1.29 is 0 Å². The molecule has 0 saturated heterocycles. The standard InChI is InChI=1S/C24H22Cl2N4/c1-3-29(4-2)21-13-15-22(16-14-21)30-27-23(17-5-9-19(25)10-6-17)24(28-30)18-7-11-20(26)12-8-18/h5-16H,3-4H2,1-2H3. The lowest BCUT2D eigenvalue weighted by atomic mass is 10.1. The number of rotatable bonds is 6. The van der Waals surface area contributed by atoms with Crippen molar-refractivity contribution in [1.29, 1.82) is 0 Å². The van der Waals surface area contributed by atoms with Gasteiger partial charge in [0.2, 0.25) is 0 Å². The molecule has 4 rings (SSSR count). The number of halogens is 2. The van der Waals surface area contributed by atoms with Crippen LogP contribution in [0.3, 0.4) is 0 Å². The normalized spacial score (nSPS) is 10.9. The summed E-state index contributed by atoms with van der Waals surface area (Å²) < 4.78 is 0. The van der Waals surface area contributed by atoms with Crippen LogP contribution in [0.2, 0.25) is 10.0 Å². The Kier molecular flexibility index (Phi) is 6.07. The second-order valence-corrected chi connectivity index (χ2v) is 7.76. The van der Waals surface area contributed by atoms with Crippen LogP contribution in [-0.4, -0.2) is 28.1 Å². The van der Waals surface area contributed by atoms with Crippen molar-refractivity contribution in [3.63, 3.8) is 0 Å². The van der Waals surface area contributed by atoms with E-state index in [4.69, 9.17) is 33.4 Å². The molecule has 152 valence electrons. The summed E-state index contributed by atoms with van der Waals surface area (Å²) in [6.07, 6.45) is 0. The van der Waals surface area contributed by atoms with Gasteiger partial charge in [-0.1, -0.05) is 47.5 Å². The van der Waals surface area contributed by atoms with Gasteiger partial charge >= 0.3 is 0 Å². The van der Waals surface area contributed by atoms with Crippen LogP contribution >= 0.6 is 23.2 Å². The molecule has 4 aromatic rings. The summed E-state index contributed by atoms with van der Waals surface area (Å²) in [6, 6.07) is 23.6. The van der Waals surface area contributed by atoms with Crippen LogP contribution in [0.15, 0.2) is 72.8 Å². The Balaban J connectivity index is 1.79. The van der Waals surface area contributed by atoms with Gasteiger partial charge in [0.1, 0.15) is 11.4 Å². The predicted octanol–water partition coefficient (Wildman–Crippen LogP) is 6.75. The Morgan fingerprint density at radius 2 is 1.10 bits per heavy atom. The van der Waals surface area contributed by atoms with Crippen LogP contribution in [0.1, 0.15) is 13.8 Å². The second kappa shape index (κ2) is 8.90. The molecule has 0 unspecified atom stereocenters. The van der Waals surface area contributed by atoms with Gasteiger partial charge in [-0.2, -0.15) is 4.80 Å². The molecule has 4 nitrogen and oxygen atoms in total. The summed E-state index contributed by atoms with van der Waals surface area (Å²) in [6.45, 7) is 6.25. The van der Waals surface area contributed by atoms with Crippen LogP contribution in [-0.2, 0) is 0 Å². The van der Waals surface area contributed by atoms with Gasteiger partial charge in [0, 0.05) is 39.9 Å². The number of hydrogen-bond acceptors (Lipinski definition) is 3. The summed E-state index contributed by atoms with van der Waals surface area (Å²) in [5.41, 5.74) is 5.59. The predicted molar refractivity (Wildman–Crippen MR) is 126 cm³/mol. The fourth-order valence-corrected chi connectivity index (χ4v) is 3.66. The highest BCUT2D eigenvalue weighted by molar-refractivity contribution is 6.31. The van der Waals surface area contributed by atoms with Crippen LogP contribution in [0, 0.1) is 0 Å². The van der Waals surface area contributed by atoms with E-state index in [0.29, 0.717) is 10.0 Å². The molecule has 0 aliphatic rings. The van der Waals surface area contributed by atoms with Crippen molar-refractivity contribution in [2.75, 3.05) is 18.0 Å². The molecular formula is C24H22Cl2N4. The monoisotopic (exact) mass is 436 g/mol. The Bertz CT molecular complexity index is 1050. The van der Waals surface area contributed by atoms with E-state index in [1.165, 1.54) is 5.69 Å². The average molecular weight is 437 g/mol. The molecule has 0 aliphatic carbocycles. The highest BCUT2D eigenvalue weighted by Crippen LogP contribution is 2.31. The summed E-state index contributed by atoms with van der Waals surface area (Å²) in [4.78, 5) is 3.98. The zero-order valence-corrected chi connectivity index (χ0v) is 18.4. The lowest BCUT2D eigenvalue weighted by molar-refractivity contribution is 0.755. The van der Waals surface area contributed by atoms with Crippen molar-refractivity contribution in [2.24, 2.45) is 0 Å². The first kappa shape index (κ1) is 20.5. The molecule has 0 fully saturated rings. The Labute approximate surface area is 186 Å². The van der Waals surface area contributed by atoms with E-state index in [0.717, 1.165) is 41.3 Å². The zero-order chi connectivity index (χ0) is 21.1. The number of benzene rings is 3. The molecule has 0 aliphatic heterocycles. The lowest BCUT2D eigenvalue weighted by Crippen LogP contribution is -2.21. The van der Waals surface area contributed by atoms with Crippen molar-refractivity contribution >= 4 is 28.9 Å². The third-order valence-corrected chi connectivity index (χ3v) is 5.56. The van der Waals surface area contributed by atoms with Gasteiger partial charge in [-0.25, -0.2) is 0 Å². The summed E-state index contributed by atoms with van der Waals surface area (Å²) in [7, 11) is 0. The lowest BCUT2D eigenvalue weighted by Gasteiger charge is -2.20. The van der Waals surface area contributed by atoms with Gasteiger partial charge in [0.25, 0.3) is 0 Å². The fourth-order valence-electron chi connectivity index (χ4n) is 3.41. The molecule has 1 heterocycles. The van der Waals surface area contributed by atoms with Gasteiger partial charge in [-0.3, -0.25) is 0 Å². The van der Waals surface area contributed by atoms with Gasteiger partial charge in [0.05, 0.1) is 5.69 Å². The first-order chi connectivity index (χ1) is 14.6. The first-order valence-corrected chi connectivity index (χ1v) is 10.7. The van der Waals surface area contributed by atoms with E-state index in [1.807, 2.05) is 60.7 Å². The van der Waals surface area contributed by atoms with Gasteiger partial charge in [-0.05, 0) is 62.4 Å². The molecule has 0 spiro atoms. The van der Waals surface area contributed by atoms with Crippen LogP contribution in [0.5, 0.6) is 0 Å². The van der Waals surface area contributed by atoms with Crippen LogP contribution in [0.4, 0.5) is 5.69 Å². The highest BCUT2D eigenvalue weighted by Gasteiger charge is 2.16. The van der Waals surface area contributed by atoms with E-state index in [9.17, 15) is 0 Å². The minimum Gasteiger partial charge on any atom is -0.372 e. The number of nitrogens with zero attached hydrogens (tertiary/aromatic N) is 4. The van der Waals surface area contributed by atoms with Crippen molar-refractivity contribution in [1.82, 2.24) is 15.0 Å². The molecule has 0 saturated carbocycles. The molecule has 30 heavy (non-hydrogen) atoms. The third kappa shape index (κ3) is 4.20. The minimum absolute atomic E-state index is 0.686. The maximum Gasteiger partial charge on any atom is 0.121 e. The third-order valence-electron chi connectivity index (χ3n) is 5.06. The second-order valence-electron chi connectivity index (χ2n) is 6.89. The molecule has 6 heteroatoms. The van der Waals surface area contributed by atoms with E-state index < -0.39 is 0 Å². The van der Waals surface area contributed by atoms with Gasteiger partial charge in [0.15, 0.2) is 0 Å². The zero-order valence-electron chi connectivity index (χ0n) is 16.9. The Morgan fingerprint density at radius 3 is 1.50 bits per heavy atom. The smallest absolute Gasteiger partial charge is 0.121 e. The van der Waals surface area contributed by atoms with Gasteiger partial charge in [-0.15, -0.1) is 10.2 Å². The summed E-state index contributed by atoms with van der Waals surface area (Å²) in [5.74, 6) is 0. The largest absolute Gasteiger partial charge is 0.372 e. The molecule has 0 atom stereocenters. The molecular weight excluding hydrogens is 415 g/mol. The molecule has 3 aromatic carbocycles. The van der Waals surface area contributed by atoms with E-state index in [2.05, 4.69) is 30.9 Å². The van der Waals surface area contributed by atoms with E-state index in [1.54, 1.807) is 4.80 Å². The van der Waals surface area contributed by atoms with Crippen LogP contribution in [0.25, 0.3) is 28.2 Å². The van der Waals surface area contributed by atoms with E-state index in [-0.39, 0.29) is 0 Å². The highest BCUT2D eigenvalue weighted by atomic mass is 35.5.